The highest BCUT2D eigenvalue weighted by atomic mass is 16.6. The third-order valence-electron chi connectivity index (χ3n) is 3.46. The molecule has 0 spiro atoms. The van der Waals surface area contributed by atoms with Crippen LogP contribution in [0.25, 0.3) is 22.6 Å². The number of anilines is 1. The van der Waals surface area contributed by atoms with Gasteiger partial charge in [-0.2, -0.15) is 0 Å². The molecule has 0 radical (unpaired) electrons. The smallest absolute Gasteiger partial charge is 0.199 e. The van der Waals surface area contributed by atoms with Crippen LogP contribution in [0.5, 0.6) is 0 Å². The van der Waals surface area contributed by atoms with Gasteiger partial charge >= 0.3 is 0 Å². The zero-order valence-electron chi connectivity index (χ0n) is 11.5. The van der Waals surface area contributed by atoms with Crippen molar-refractivity contribution in [2.45, 2.75) is 6.54 Å². The first kappa shape index (κ1) is 12.5. The molecule has 108 valence electrons. The summed E-state index contributed by atoms with van der Waals surface area (Å²) in [5.41, 5.74) is 9.13. The van der Waals surface area contributed by atoms with E-state index >= 15 is 0 Å². The monoisotopic (exact) mass is 292 g/mol. The van der Waals surface area contributed by atoms with Crippen molar-refractivity contribution < 1.29 is 4.63 Å². The molecule has 7 nitrogen and oxygen atoms in total. The molecule has 0 saturated heterocycles. The van der Waals surface area contributed by atoms with Crippen LogP contribution in [0.3, 0.4) is 0 Å². The summed E-state index contributed by atoms with van der Waals surface area (Å²) in [6.45, 7) is 0.642. The summed E-state index contributed by atoms with van der Waals surface area (Å²) in [7, 11) is 0. The van der Waals surface area contributed by atoms with Gasteiger partial charge in [0.2, 0.25) is 0 Å². The van der Waals surface area contributed by atoms with Crippen LogP contribution in [-0.2, 0) is 6.54 Å². The summed E-state index contributed by atoms with van der Waals surface area (Å²) in [6, 6.07) is 12.0. The lowest BCUT2D eigenvalue weighted by Crippen LogP contribution is -2.03. The van der Waals surface area contributed by atoms with E-state index in [0.29, 0.717) is 18.1 Å². The SMILES string of the molecule is Nc1nonc1-c1nc2cnccc2n1Cc1ccccc1. The van der Waals surface area contributed by atoms with Gasteiger partial charge in [-0.15, -0.1) is 0 Å². The Morgan fingerprint density at radius 2 is 1.95 bits per heavy atom. The van der Waals surface area contributed by atoms with E-state index in [-0.39, 0.29) is 5.82 Å². The Morgan fingerprint density at radius 1 is 1.09 bits per heavy atom. The van der Waals surface area contributed by atoms with Crippen molar-refractivity contribution in [1.29, 1.82) is 0 Å². The molecule has 0 aliphatic rings. The van der Waals surface area contributed by atoms with Gasteiger partial charge in [0.25, 0.3) is 0 Å². The summed E-state index contributed by atoms with van der Waals surface area (Å²) >= 11 is 0. The van der Waals surface area contributed by atoms with Gasteiger partial charge in [0.1, 0.15) is 5.52 Å². The number of rotatable bonds is 3. The van der Waals surface area contributed by atoms with Gasteiger partial charge in [0.05, 0.1) is 11.7 Å². The van der Waals surface area contributed by atoms with Crippen LogP contribution >= 0.6 is 0 Å². The number of fused-ring (bicyclic) bond motifs is 1. The first-order chi connectivity index (χ1) is 10.8. The van der Waals surface area contributed by atoms with E-state index < -0.39 is 0 Å². The number of imidazole rings is 1. The molecule has 22 heavy (non-hydrogen) atoms. The number of pyridine rings is 1. The normalized spacial score (nSPS) is 11.1. The fraction of sp³-hybridized carbons (Fsp3) is 0.0667. The van der Waals surface area contributed by atoms with Gasteiger partial charge in [-0.1, -0.05) is 30.3 Å². The lowest BCUT2D eigenvalue weighted by molar-refractivity contribution is 0.310. The largest absolute Gasteiger partial charge is 0.379 e. The van der Waals surface area contributed by atoms with Crippen molar-refractivity contribution in [2.75, 3.05) is 5.73 Å². The molecular formula is C15H12N6O. The molecule has 4 rings (SSSR count). The highest BCUT2D eigenvalue weighted by Gasteiger charge is 2.19. The molecule has 0 amide bonds. The van der Waals surface area contributed by atoms with E-state index in [1.807, 2.05) is 28.8 Å². The zero-order chi connectivity index (χ0) is 14.9. The number of benzene rings is 1. The predicted octanol–water partition coefficient (Wildman–Crippen LogP) is 2.11. The second kappa shape index (κ2) is 4.96. The average molecular weight is 292 g/mol. The predicted molar refractivity (Wildman–Crippen MR) is 80.8 cm³/mol. The number of nitrogens with zero attached hydrogens (tertiary/aromatic N) is 5. The van der Waals surface area contributed by atoms with Gasteiger partial charge in [-0.3, -0.25) is 4.98 Å². The Morgan fingerprint density at radius 3 is 2.73 bits per heavy atom. The molecule has 0 unspecified atom stereocenters. The number of aromatic nitrogens is 5. The Hall–Kier alpha value is -3.22. The Kier molecular flexibility index (Phi) is 2.82. The van der Waals surface area contributed by atoms with Crippen LogP contribution in [0, 0.1) is 0 Å². The van der Waals surface area contributed by atoms with Crippen LogP contribution in [0.4, 0.5) is 5.82 Å². The van der Waals surface area contributed by atoms with Crippen molar-refractivity contribution in [3.8, 4) is 11.5 Å². The summed E-state index contributed by atoms with van der Waals surface area (Å²) < 4.78 is 6.74. The Balaban J connectivity index is 1.93. The highest BCUT2D eigenvalue weighted by Crippen LogP contribution is 2.26. The fourth-order valence-electron chi connectivity index (χ4n) is 2.44. The number of hydrogen-bond donors (Lipinski definition) is 1. The van der Waals surface area contributed by atoms with E-state index in [9.17, 15) is 0 Å². The van der Waals surface area contributed by atoms with Crippen molar-refractivity contribution in [2.24, 2.45) is 0 Å². The highest BCUT2D eigenvalue weighted by molar-refractivity contribution is 5.80. The molecule has 4 aromatic rings. The van der Waals surface area contributed by atoms with Crippen LogP contribution in [0.15, 0.2) is 53.4 Å². The lowest BCUT2D eigenvalue weighted by atomic mass is 10.2. The summed E-state index contributed by atoms with van der Waals surface area (Å²) in [5, 5.41) is 7.50. The van der Waals surface area contributed by atoms with Crippen LogP contribution < -0.4 is 5.73 Å². The molecule has 0 aliphatic heterocycles. The third-order valence-corrected chi connectivity index (χ3v) is 3.46. The molecule has 2 N–H and O–H groups in total. The van der Waals surface area contributed by atoms with E-state index in [0.717, 1.165) is 16.6 Å². The van der Waals surface area contributed by atoms with Crippen molar-refractivity contribution >= 4 is 16.9 Å². The quantitative estimate of drug-likeness (QED) is 0.621. The van der Waals surface area contributed by atoms with Gasteiger partial charge in [-0.25, -0.2) is 9.61 Å². The topological polar surface area (TPSA) is 95.7 Å². The van der Waals surface area contributed by atoms with E-state index in [2.05, 4.69) is 32.4 Å². The summed E-state index contributed by atoms with van der Waals surface area (Å²) in [6.07, 6.45) is 3.45. The van der Waals surface area contributed by atoms with Gasteiger partial charge in [0, 0.05) is 12.7 Å². The second-order valence-electron chi connectivity index (χ2n) is 4.87. The van der Waals surface area contributed by atoms with Gasteiger partial charge < -0.3 is 10.3 Å². The summed E-state index contributed by atoms with van der Waals surface area (Å²) in [5.74, 6) is 0.836. The van der Waals surface area contributed by atoms with Crippen LogP contribution in [0.1, 0.15) is 5.56 Å². The Labute approximate surface area is 125 Å². The standard InChI is InChI=1S/C15H12N6O/c16-14-13(19-22-20-14)15-18-11-8-17-7-6-12(11)21(15)9-10-4-2-1-3-5-10/h1-8H,9H2,(H2,16,20). The molecule has 0 saturated carbocycles. The summed E-state index contributed by atoms with van der Waals surface area (Å²) in [4.78, 5) is 8.68. The Bertz CT molecular complexity index is 928. The number of nitrogens with two attached hydrogens (primary N) is 1. The molecule has 3 heterocycles. The van der Waals surface area contributed by atoms with Crippen molar-refractivity contribution in [1.82, 2.24) is 24.8 Å². The molecule has 3 aromatic heterocycles. The zero-order valence-corrected chi connectivity index (χ0v) is 11.5. The maximum absolute atomic E-state index is 5.82. The maximum Gasteiger partial charge on any atom is 0.199 e. The first-order valence-electron chi connectivity index (χ1n) is 6.75. The van der Waals surface area contributed by atoms with Crippen LogP contribution in [0.2, 0.25) is 0 Å². The molecule has 0 atom stereocenters. The fourth-order valence-corrected chi connectivity index (χ4v) is 2.44. The minimum absolute atomic E-state index is 0.220. The molecule has 7 heteroatoms. The van der Waals surface area contributed by atoms with E-state index in [1.54, 1.807) is 12.4 Å². The molecule has 0 fully saturated rings. The molecule has 0 bridgehead atoms. The second-order valence-corrected chi connectivity index (χ2v) is 4.87. The van der Waals surface area contributed by atoms with Crippen molar-refractivity contribution in [3.63, 3.8) is 0 Å². The van der Waals surface area contributed by atoms with Crippen LogP contribution in [-0.4, -0.2) is 24.8 Å². The van der Waals surface area contributed by atoms with Crippen molar-refractivity contribution in [3.05, 3.63) is 54.4 Å². The van der Waals surface area contributed by atoms with Gasteiger partial charge in [-0.05, 0) is 21.9 Å². The molecule has 1 aromatic carbocycles. The molecule has 0 aliphatic carbocycles. The van der Waals surface area contributed by atoms with Gasteiger partial charge in [0.15, 0.2) is 17.3 Å². The third kappa shape index (κ3) is 1.99. The van der Waals surface area contributed by atoms with E-state index in [1.165, 1.54) is 0 Å². The minimum Gasteiger partial charge on any atom is -0.379 e. The number of nitrogen functional groups attached to an aromatic ring is 1. The average Bonchev–Trinajstić information content (AvgIpc) is 3.12. The minimum atomic E-state index is 0.220. The number of hydrogen-bond acceptors (Lipinski definition) is 6. The lowest BCUT2D eigenvalue weighted by Gasteiger charge is -2.07. The van der Waals surface area contributed by atoms with E-state index in [4.69, 9.17) is 10.4 Å². The first-order valence-corrected chi connectivity index (χ1v) is 6.75. The molecular weight excluding hydrogens is 280 g/mol. The maximum atomic E-state index is 5.82.